The summed E-state index contributed by atoms with van der Waals surface area (Å²) in [5.41, 5.74) is 3.16. The van der Waals surface area contributed by atoms with Gasteiger partial charge in [-0.15, -0.1) is 0 Å². The Balaban J connectivity index is 1.51. The number of benzene rings is 2. The minimum atomic E-state index is -3.76. The molecule has 0 aliphatic carbocycles. The number of nitrogens with zero attached hydrogens (tertiary/aromatic N) is 2. The Morgan fingerprint density at radius 2 is 1.91 bits per heavy atom. The molecule has 2 aromatic carbocycles. The smallest absolute Gasteiger partial charge is 0.414 e. The van der Waals surface area contributed by atoms with Gasteiger partial charge in [-0.3, -0.25) is 9.69 Å². The van der Waals surface area contributed by atoms with Gasteiger partial charge >= 0.3 is 6.09 Å². The molecule has 8 nitrogen and oxygen atoms in total. The van der Waals surface area contributed by atoms with Gasteiger partial charge in [-0.05, 0) is 43.5 Å². The average Bonchev–Trinajstić information content (AvgIpc) is 2.75. The van der Waals surface area contributed by atoms with Crippen LogP contribution in [0.25, 0.3) is 0 Å². The molecule has 2 aromatic rings. The van der Waals surface area contributed by atoms with Gasteiger partial charge in [0.05, 0.1) is 21.3 Å². The number of ether oxygens (including phenoxy) is 1. The van der Waals surface area contributed by atoms with E-state index in [-0.39, 0.29) is 41.6 Å². The SMILES string of the molecule is CC(=O)Nc1ccc(S(=O)(=O)N2CCC(N3C(=O)OCc4cccc(C)c43)CC2)cc1Cl. The summed E-state index contributed by atoms with van der Waals surface area (Å²) in [6, 6.07) is 9.93. The Morgan fingerprint density at radius 3 is 2.56 bits per heavy atom. The van der Waals surface area contributed by atoms with Crippen molar-refractivity contribution in [3.8, 4) is 0 Å². The largest absolute Gasteiger partial charge is 0.444 e. The van der Waals surface area contributed by atoms with Crippen LogP contribution in [0.3, 0.4) is 0 Å². The molecule has 0 radical (unpaired) electrons. The zero-order valence-electron chi connectivity index (χ0n) is 17.8. The number of halogens is 1. The van der Waals surface area contributed by atoms with Crippen molar-refractivity contribution in [1.82, 2.24) is 4.31 Å². The molecule has 10 heteroatoms. The Labute approximate surface area is 192 Å². The molecule has 0 spiro atoms. The summed E-state index contributed by atoms with van der Waals surface area (Å²) in [6.07, 6.45) is 0.577. The van der Waals surface area contributed by atoms with E-state index in [1.54, 1.807) is 4.90 Å². The summed E-state index contributed by atoms with van der Waals surface area (Å²) >= 11 is 6.17. The average molecular weight is 478 g/mol. The molecule has 0 aromatic heterocycles. The van der Waals surface area contributed by atoms with Crippen LogP contribution in [0.4, 0.5) is 16.2 Å². The van der Waals surface area contributed by atoms with Crippen LogP contribution in [0.15, 0.2) is 41.3 Å². The molecule has 0 unspecified atom stereocenters. The molecule has 170 valence electrons. The Morgan fingerprint density at radius 1 is 1.19 bits per heavy atom. The van der Waals surface area contributed by atoms with Crippen molar-refractivity contribution in [1.29, 1.82) is 0 Å². The highest BCUT2D eigenvalue weighted by atomic mass is 35.5. The fourth-order valence-corrected chi connectivity index (χ4v) is 6.04. The molecule has 2 amide bonds. The molecule has 2 aliphatic heterocycles. The van der Waals surface area contributed by atoms with Gasteiger partial charge in [0.25, 0.3) is 0 Å². The minimum absolute atomic E-state index is 0.0635. The third kappa shape index (κ3) is 4.20. The number of sulfonamides is 1. The van der Waals surface area contributed by atoms with Crippen LogP contribution in [0, 0.1) is 6.92 Å². The number of carbonyl (C=O) groups excluding carboxylic acids is 2. The molecule has 32 heavy (non-hydrogen) atoms. The molecule has 0 saturated carbocycles. The number of para-hydroxylation sites is 1. The lowest BCUT2D eigenvalue weighted by atomic mass is 10.00. The zero-order valence-corrected chi connectivity index (χ0v) is 19.4. The van der Waals surface area contributed by atoms with E-state index in [1.165, 1.54) is 29.4 Å². The van der Waals surface area contributed by atoms with E-state index < -0.39 is 16.1 Å². The zero-order chi connectivity index (χ0) is 23.0. The number of anilines is 2. The van der Waals surface area contributed by atoms with E-state index >= 15 is 0 Å². The number of piperidine rings is 1. The molecule has 0 atom stereocenters. The quantitative estimate of drug-likeness (QED) is 0.720. The van der Waals surface area contributed by atoms with Crippen LogP contribution in [0.1, 0.15) is 30.9 Å². The summed E-state index contributed by atoms with van der Waals surface area (Å²) in [4.78, 5) is 25.6. The van der Waals surface area contributed by atoms with Gasteiger partial charge in [0.1, 0.15) is 6.61 Å². The van der Waals surface area contributed by atoms with Crippen LogP contribution in [-0.2, 0) is 26.2 Å². The van der Waals surface area contributed by atoms with Gasteiger partial charge in [0, 0.05) is 31.6 Å². The molecular weight excluding hydrogens is 454 g/mol. The molecule has 2 heterocycles. The van der Waals surface area contributed by atoms with Crippen LogP contribution >= 0.6 is 11.6 Å². The van der Waals surface area contributed by atoms with Gasteiger partial charge in [0.2, 0.25) is 15.9 Å². The van der Waals surface area contributed by atoms with E-state index in [0.717, 1.165) is 16.8 Å². The highest BCUT2D eigenvalue weighted by Crippen LogP contribution is 2.35. The highest BCUT2D eigenvalue weighted by Gasteiger charge is 2.37. The number of rotatable bonds is 4. The monoisotopic (exact) mass is 477 g/mol. The molecule has 1 N–H and O–H groups in total. The second kappa shape index (κ2) is 8.73. The topological polar surface area (TPSA) is 96.0 Å². The maximum absolute atomic E-state index is 13.1. The van der Waals surface area contributed by atoms with E-state index in [9.17, 15) is 18.0 Å². The first kappa shape index (κ1) is 22.6. The van der Waals surface area contributed by atoms with Crippen molar-refractivity contribution < 1.29 is 22.7 Å². The van der Waals surface area contributed by atoms with E-state index in [2.05, 4.69) is 5.32 Å². The Bertz CT molecular complexity index is 1180. The predicted molar refractivity (Wildman–Crippen MR) is 121 cm³/mol. The summed E-state index contributed by atoms with van der Waals surface area (Å²) in [7, 11) is -3.76. The van der Waals surface area contributed by atoms with E-state index in [4.69, 9.17) is 16.3 Å². The maximum atomic E-state index is 13.1. The lowest BCUT2D eigenvalue weighted by Crippen LogP contribution is -2.50. The summed E-state index contributed by atoms with van der Waals surface area (Å²) in [5, 5.41) is 2.71. The van der Waals surface area contributed by atoms with Crippen molar-refractivity contribution in [3.63, 3.8) is 0 Å². The number of hydrogen-bond acceptors (Lipinski definition) is 5. The minimum Gasteiger partial charge on any atom is -0.444 e. The predicted octanol–water partition coefficient (Wildman–Crippen LogP) is 3.92. The van der Waals surface area contributed by atoms with Crippen LogP contribution < -0.4 is 10.2 Å². The number of carbonyl (C=O) groups is 2. The lowest BCUT2D eigenvalue weighted by molar-refractivity contribution is -0.114. The van der Waals surface area contributed by atoms with Crippen LogP contribution in [0.5, 0.6) is 0 Å². The van der Waals surface area contributed by atoms with Crippen molar-refractivity contribution in [3.05, 3.63) is 52.5 Å². The van der Waals surface area contributed by atoms with Gasteiger partial charge < -0.3 is 10.1 Å². The fraction of sp³-hybridized carbons (Fsp3) is 0.364. The maximum Gasteiger partial charge on any atom is 0.414 e. The second-order valence-corrected chi connectivity index (χ2v) is 10.3. The van der Waals surface area contributed by atoms with Crippen molar-refractivity contribution in [2.45, 2.75) is 44.2 Å². The first-order valence-electron chi connectivity index (χ1n) is 10.3. The molecular formula is C22H24ClN3O5S. The number of cyclic esters (lactones) is 1. The first-order chi connectivity index (χ1) is 15.2. The van der Waals surface area contributed by atoms with Crippen molar-refractivity contribution in [2.24, 2.45) is 0 Å². The van der Waals surface area contributed by atoms with Crippen molar-refractivity contribution in [2.75, 3.05) is 23.3 Å². The number of nitrogens with one attached hydrogen (secondary N) is 1. The Hall–Kier alpha value is -2.62. The lowest BCUT2D eigenvalue weighted by Gasteiger charge is -2.40. The normalized spacial score (nSPS) is 17.6. The molecule has 4 rings (SSSR count). The van der Waals surface area contributed by atoms with Gasteiger partial charge in [-0.25, -0.2) is 13.2 Å². The molecule has 0 bridgehead atoms. The number of amides is 2. The summed E-state index contributed by atoms with van der Waals surface area (Å²) in [6.45, 7) is 4.09. The van der Waals surface area contributed by atoms with Crippen molar-refractivity contribution >= 4 is 45.0 Å². The second-order valence-electron chi connectivity index (χ2n) is 7.97. The van der Waals surface area contributed by atoms with Gasteiger partial charge in [-0.2, -0.15) is 4.31 Å². The van der Waals surface area contributed by atoms with Crippen LogP contribution in [-0.4, -0.2) is 43.9 Å². The third-order valence-corrected chi connectivity index (χ3v) is 8.00. The van der Waals surface area contributed by atoms with Crippen LogP contribution in [0.2, 0.25) is 5.02 Å². The van der Waals surface area contributed by atoms with E-state index in [0.29, 0.717) is 18.5 Å². The molecule has 2 aliphatic rings. The Kier molecular flexibility index (Phi) is 6.15. The third-order valence-electron chi connectivity index (χ3n) is 5.79. The highest BCUT2D eigenvalue weighted by molar-refractivity contribution is 7.89. The number of hydrogen-bond donors (Lipinski definition) is 1. The molecule has 1 fully saturated rings. The van der Waals surface area contributed by atoms with E-state index in [1.807, 2.05) is 25.1 Å². The standard InChI is InChI=1S/C22H24ClN3O5S/c1-14-4-3-5-16-13-31-22(28)26(21(14)16)17-8-10-25(11-9-17)32(29,30)18-6-7-20(19(23)12-18)24-15(2)27/h3-7,12,17H,8-11,13H2,1-2H3,(H,24,27). The molecule has 1 saturated heterocycles. The van der Waals surface area contributed by atoms with Gasteiger partial charge in [-0.1, -0.05) is 29.8 Å². The number of aryl methyl sites for hydroxylation is 1. The summed E-state index contributed by atoms with van der Waals surface area (Å²) in [5.74, 6) is -0.294. The summed E-state index contributed by atoms with van der Waals surface area (Å²) < 4.78 is 33.0. The van der Waals surface area contributed by atoms with Gasteiger partial charge in [0.15, 0.2) is 0 Å². The first-order valence-corrected chi connectivity index (χ1v) is 12.1. The number of fused-ring (bicyclic) bond motifs is 1. The fourth-order valence-electron chi connectivity index (χ4n) is 4.25.